The van der Waals surface area contributed by atoms with Crippen molar-refractivity contribution in [1.82, 2.24) is 10.5 Å². The highest BCUT2D eigenvalue weighted by molar-refractivity contribution is 5.94. The Morgan fingerprint density at radius 1 is 1.12 bits per heavy atom. The van der Waals surface area contributed by atoms with E-state index in [1.54, 1.807) is 0 Å². The molecule has 5 nitrogen and oxygen atoms in total. The minimum atomic E-state index is -0.121. The zero-order valence-corrected chi connectivity index (χ0v) is 19.9. The summed E-state index contributed by atoms with van der Waals surface area (Å²) >= 11 is 0. The summed E-state index contributed by atoms with van der Waals surface area (Å²) < 4.78 is 11.6. The van der Waals surface area contributed by atoms with E-state index in [1.165, 1.54) is 38.5 Å². The van der Waals surface area contributed by atoms with E-state index in [9.17, 15) is 4.79 Å². The maximum absolute atomic E-state index is 13.4. The van der Waals surface area contributed by atoms with Gasteiger partial charge in [0.15, 0.2) is 5.69 Å². The molecule has 0 aliphatic heterocycles. The number of carbonyl (C=O) groups excluding carboxylic acids is 1. The van der Waals surface area contributed by atoms with E-state index in [2.05, 4.69) is 17.4 Å². The minimum Gasteiger partial charge on any atom is -0.488 e. The van der Waals surface area contributed by atoms with Crippen molar-refractivity contribution in [2.75, 3.05) is 0 Å². The van der Waals surface area contributed by atoms with Crippen molar-refractivity contribution in [3.8, 4) is 5.75 Å². The summed E-state index contributed by atoms with van der Waals surface area (Å²) in [5.41, 5.74) is 3.55. The number of para-hydroxylation sites is 1. The van der Waals surface area contributed by atoms with Crippen LogP contribution in [0.2, 0.25) is 0 Å². The van der Waals surface area contributed by atoms with Gasteiger partial charge in [0.1, 0.15) is 18.1 Å². The van der Waals surface area contributed by atoms with Gasteiger partial charge in [-0.3, -0.25) is 4.79 Å². The molecule has 172 valence electrons. The first-order chi connectivity index (χ1) is 15.4. The average molecular weight is 437 g/mol. The molecule has 4 aliphatic carbocycles. The second-order valence-corrected chi connectivity index (χ2v) is 10.8. The number of hydrogen-bond donors (Lipinski definition) is 1. The lowest BCUT2D eigenvalue weighted by Crippen LogP contribution is -2.56. The van der Waals surface area contributed by atoms with Crippen LogP contribution in [0.25, 0.3) is 0 Å². The Hall–Kier alpha value is -2.30. The molecule has 32 heavy (non-hydrogen) atoms. The molecule has 4 aliphatic rings. The number of hydrogen-bond acceptors (Lipinski definition) is 4. The minimum absolute atomic E-state index is 0.121. The number of aromatic nitrogens is 1. The molecule has 5 heteroatoms. The van der Waals surface area contributed by atoms with Gasteiger partial charge < -0.3 is 14.6 Å². The van der Waals surface area contributed by atoms with Gasteiger partial charge in [0.05, 0.1) is 5.56 Å². The van der Waals surface area contributed by atoms with E-state index in [0.717, 1.165) is 46.6 Å². The molecule has 0 spiro atoms. The van der Waals surface area contributed by atoms with Crippen LogP contribution in [0, 0.1) is 43.9 Å². The molecule has 1 aromatic carbocycles. The standard InChI is InChI=1S/C27H36N2O3/c1-5-23(27-12-19-9-20(13-27)11-21(10-19)14-27)28-26(30)24-22(18(4)32-29-24)15-31-25-16(2)7-6-8-17(25)3/h6-8,19-21,23H,5,9-15H2,1-4H3,(H,28,30). The van der Waals surface area contributed by atoms with Gasteiger partial charge >= 0.3 is 0 Å². The lowest BCUT2D eigenvalue weighted by atomic mass is 9.47. The zero-order chi connectivity index (χ0) is 22.5. The van der Waals surface area contributed by atoms with Crippen LogP contribution >= 0.6 is 0 Å². The predicted octanol–water partition coefficient (Wildman–Crippen LogP) is 5.90. The predicted molar refractivity (Wildman–Crippen MR) is 124 cm³/mol. The normalized spacial score (nSPS) is 29.2. The zero-order valence-electron chi connectivity index (χ0n) is 19.9. The summed E-state index contributed by atoms with van der Waals surface area (Å²) in [6, 6.07) is 6.30. The van der Waals surface area contributed by atoms with Gasteiger partial charge in [-0.2, -0.15) is 0 Å². The molecular weight excluding hydrogens is 400 g/mol. The fourth-order valence-corrected chi connectivity index (χ4v) is 7.43. The van der Waals surface area contributed by atoms with Gasteiger partial charge in [0, 0.05) is 6.04 Å². The lowest BCUT2D eigenvalue weighted by molar-refractivity contribution is -0.0727. The molecule has 1 aromatic heterocycles. The molecule has 1 heterocycles. The molecule has 0 saturated heterocycles. The third-order valence-electron chi connectivity index (χ3n) is 8.51. The Bertz CT molecular complexity index is 953. The largest absolute Gasteiger partial charge is 0.488 e. The fourth-order valence-electron chi connectivity index (χ4n) is 7.43. The van der Waals surface area contributed by atoms with E-state index in [0.29, 0.717) is 11.5 Å². The van der Waals surface area contributed by atoms with E-state index in [-0.39, 0.29) is 24.0 Å². The van der Waals surface area contributed by atoms with Crippen molar-refractivity contribution in [2.45, 2.75) is 85.3 Å². The summed E-state index contributed by atoms with van der Waals surface area (Å²) in [4.78, 5) is 13.4. The molecule has 4 saturated carbocycles. The van der Waals surface area contributed by atoms with E-state index >= 15 is 0 Å². The Kier molecular flexibility index (Phi) is 5.55. The van der Waals surface area contributed by atoms with Crippen molar-refractivity contribution < 1.29 is 14.1 Å². The SMILES string of the molecule is CCC(NC(=O)c1noc(C)c1COc1c(C)cccc1C)C12CC3CC(CC(C3)C1)C2. The highest BCUT2D eigenvalue weighted by Gasteiger charge is 2.54. The summed E-state index contributed by atoms with van der Waals surface area (Å²) in [6.45, 7) is 8.41. The van der Waals surface area contributed by atoms with Crippen LogP contribution in [-0.4, -0.2) is 17.1 Å². The van der Waals surface area contributed by atoms with Crippen LogP contribution in [0.1, 0.15) is 84.8 Å². The molecule has 2 aromatic rings. The van der Waals surface area contributed by atoms with Crippen LogP contribution in [0.15, 0.2) is 22.7 Å². The lowest BCUT2D eigenvalue weighted by Gasteiger charge is -2.59. The molecule has 1 N–H and O–H groups in total. The molecule has 1 amide bonds. The van der Waals surface area contributed by atoms with Crippen LogP contribution in [0.5, 0.6) is 5.75 Å². The number of carbonyl (C=O) groups is 1. The smallest absolute Gasteiger partial charge is 0.274 e. The fraction of sp³-hybridized carbons (Fsp3) is 0.630. The monoisotopic (exact) mass is 436 g/mol. The number of rotatable bonds is 7. The van der Waals surface area contributed by atoms with Gasteiger partial charge in [-0.1, -0.05) is 30.3 Å². The Balaban J connectivity index is 1.33. The topological polar surface area (TPSA) is 64.4 Å². The van der Waals surface area contributed by atoms with Crippen molar-refractivity contribution >= 4 is 5.91 Å². The summed E-state index contributed by atoms with van der Waals surface area (Å²) in [6.07, 6.45) is 9.02. The number of nitrogens with one attached hydrogen (secondary N) is 1. The van der Waals surface area contributed by atoms with Crippen molar-refractivity contribution in [2.24, 2.45) is 23.2 Å². The number of benzene rings is 1. The van der Waals surface area contributed by atoms with Gasteiger partial charge in [0.25, 0.3) is 5.91 Å². The van der Waals surface area contributed by atoms with Gasteiger partial charge in [-0.25, -0.2) is 0 Å². The number of aryl methyl sites for hydroxylation is 3. The molecule has 1 unspecified atom stereocenters. The number of amides is 1. The van der Waals surface area contributed by atoms with E-state index < -0.39 is 0 Å². The maximum Gasteiger partial charge on any atom is 0.274 e. The van der Waals surface area contributed by atoms with Crippen molar-refractivity contribution in [1.29, 1.82) is 0 Å². The Morgan fingerprint density at radius 2 is 1.72 bits per heavy atom. The molecule has 4 bridgehead atoms. The second kappa shape index (κ2) is 8.24. The van der Waals surface area contributed by atoms with Crippen LogP contribution in [0.4, 0.5) is 0 Å². The van der Waals surface area contributed by atoms with Gasteiger partial charge in [-0.15, -0.1) is 0 Å². The number of nitrogens with zero attached hydrogens (tertiary/aromatic N) is 1. The molecule has 4 fully saturated rings. The maximum atomic E-state index is 13.4. The highest BCUT2D eigenvalue weighted by atomic mass is 16.5. The second-order valence-electron chi connectivity index (χ2n) is 10.8. The van der Waals surface area contributed by atoms with E-state index in [1.807, 2.05) is 39.0 Å². The van der Waals surface area contributed by atoms with Crippen molar-refractivity contribution in [3.63, 3.8) is 0 Å². The average Bonchev–Trinajstić information content (AvgIpc) is 3.11. The summed E-state index contributed by atoms with van der Waals surface area (Å²) in [7, 11) is 0. The van der Waals surface area contributed by atoms with Crippen LogP contribution in [-0.2, 0) is 6.61 Å². The summed E-state index contributed by atoms with van der Waals surface area (Å²) in [5, 5.41) is 7.54. The molecule has 0 radical (unpaired) electrons. The first-order valence-corrected chi connectivity index (χ1v) is 12.3. The Labute approximate surface area is 191 Å². The first-order valence-electron chi connectivity index (χ1n) is 12.3. The van der Waals surface area contributed by atoms with Crippen LogP contribution in [0.3, 0.4) is 0 Å². The third-order valence-corrected chi connectivity index (χ3v) is 8.51. The molecule has 1 atom stereocenters. The highest BCUT2D eigenvalue weighted by Crippen LogP contribution is 2.61. The third kappa shape index (κ3) is 3.74. The van der Waals surface area contributed by atoms with E-state index in [4.69, 9.17) is 9.26 Å². The number of ether oxygens (including phenoxy) is 1. The van der Waals surface area contributed by atoms with Crippen molar-refractivity contribution in [3.05, 3.63) is 46.3 Å². The molecular formula is C27H36N2O3. The Morgan fingerprint density at radius 3 is 2.28 bits per heavy atom. The quantitative estimate of drug-likeness (QED) is 0.586. The first kappa shape index (κ1) is 21.5. The summed E-state index contributed by atoms with van der Waals surface area (Å²) in [5.74, 6) is 3.97. The van der Waals surface area contributed by atoms with Crippen LogP contribution < -0.4 is 10.1 Å². The van der Waals surface area contributed by atoms with Gasteiger partial charge in [-0.05, 0) is 100 Å². The molecule has 6 rings (SSSR count). The van der Waals surface area contributed by atoms with Gasteiger partial charge in [0.2, 0.25) is 0 Å².